The molecule has 1 aromatic rings. The van der Waals surface area contributed by atoms with E-state index in [9.17, 15) is 23.2 Å². The lowest BCUT2D eigenvalue weighted by molar-refractivity contribution is -0.645. The van der Waals surface area contributed by atoms with E-state index < -0.39 is 23.9 Å². The number of nitrogens with zero attached hydrogens (tertiary/aromatic N) is 1. The van der Waals surface area contributed by atoms with E-state index in [4.69, 9.17) is 0 Å². The van der Waals surface area contributed by atoms with Crippen LogP contribution in [0.2, 0.25) is 0 Å². The molecule has 0 aliphatic rings. The highest BCUT2D eigenvalue weighted by atomic mass is 32.2. The standard InChI is InChI=1S/C10H11F3N2O2S/c1-7(9(16)14-6-10(11,12)13)18-8-4-2-3-5-15(8)17/h2-5,7H,6H2,1H3,(H,14,16)/t7-/m1/s1. The molecule has 1 heterocycles. The number of alkyl halides is 3. The zero-order valence-electron chi connectivity index (χ0n) is 9.40. The van der Waals surface area contributed by atoms with Crippen LogP contribution in [0.4, 0.5) is 13.2 Å². The number of pyridine rings is 1. The van der Waals surface area contributed by atoms with Crippen molar-refractivity contribution in [2.24, 2.45) is 0 Å². The van der Waals surface area contributed by atoms with Gasteiger partial charge in [0.25, 0.3) is 5.03 Å². The summed E-state index contributed by atoms with van der Waals surface area (Å²) in [5, 5.41) is 12.5. The largest absolute Gasteiger partial charge is 0.618 e. The Bertz CT molecular complexity index is 426. The lowest BCUT2D eigenvalue weighted by atomic mass is 10.4. The van der Waals surface area contributed by atoms with Crippen LogP contribution in [0.15, 0.2) is 29.4 Å². The van der Waals surface area contributed by atoms with Gasteiger partial charge in [-0.15, -0.1) is 0 Å². The van der Waals surface area contributed by atoms with Gasteiger partial charge in [-0.3, -0.25) is 4.79 Å². The first-order valence-electron chi connectivity index (χ1n) is 4.99. The third-order valence-electron chi connectivity index (χ3n) is 1.92. The molecule has 0 aliphatic heterocycles. The van der Waals surface area contributed by atoms with Crippen molar-refractivity contribution in [3.05, 3.63) is 29.6 Å². The van der Waals surface area contributed by atoms with Crippen molar-refractivity contribution in [2.45, 2.75) is 23.4 Å². The lowest BCUT2D eigenvalue weighted by Gasteiger charge is -2.12. The first-order chi connectivity index (χ1) is 8.29. The second-order valence-corrected chi connectivity index (χ2v) is 4.82. The van der Waals surface area contributed by atoms with Gasteiger partial charge < -0.3 is 10.5 Å². The van der Waals surface area contributed by atoms with Crippen LogP contribution in [0.3, 0.4) is 0 Å². The number of thioether (sulfide) groups is 1. The summed E-state index contributed by atoms with van der Waals surface area (Å²) in [7, 11) is 0. The number of carbonyl (C=O) groups excluding carboxylic acids is 1. The molecular weight excluding hydrogens is 269 g/mol. The average molecular weight is 280 g/mol. The van der Waals surface area contributed by atoms with E-state index in [1.165, 1.54) is 25.3 Å². The maximum absolute atomic E-state index is 11.9. The molecule has 0 radical (unpaired) electrons. The number of rotatable bonds is 4. The highest BCUT2D eigenvalue weighted by Gasteiger charge is 2.29. The van der Waals surface area contributed by atoms with Crippen molar-refractivity contribution >= 4 is 17.7 Å². The van der Waals surface area contributed by atoms with E-state index in [-0.39, 0.29) is 5.03 Å². The Morgan fingerprint density at radius 1 is 1.56 bits per heavy atom. The van der Waals surface area contributed by atoms with E-state index in [1.807, 2.05) is 0 Å². The van der Waals surface area contributed by atoms with Crippen LogP contribution in [-0.2, 0) is 4.79 Å². The molecule has 0 saturated carbocycles. The molecule has 0 saturated heterocycles. The number of hydrogen-bond donors (Lipinski definition) is 1. The molecule has 0 aliphatic carbocycles. The summed E-state index contributed by atoms with van der Waals surface area (Å²) in [4.78, 5) is 11.4. The third kappa shape index (κ3) is 4.82. The van der Waals surface area contributed by atoms with Gasteiger partial charge in [-0.05, 0) is 24.8 Å². The van der Waals surface area contributed by atoms with Crippen molar-refractivity contribution in [1.29, 1.82) is 0 Å². The normalized spacial score (nSPS) is 13.1. The molecule has 0 spiro atoms. The van der Waals surface area contributed by atoms with Crippen LogP contribution in [0, 0.1) is 5.21 Å². The molecule has 1 aromatic heterocycles. The van der Waals surface area contributed by atoms with E-state index in [1.54, 1.807) is 11.4 Å². The molecule has 1 N–H and O–H groups in total. The molecule has 100 valence electrons. The fourth-order valence-corrected chi connectivity index (χ4v) is 1.94. The minimum absolute atomic E-state index is 0.257. The quantitative estimate of drug-likeness (QED) is 0.516. The molecule has 0 unspecified atom stereocenters. The summed E-state index contributed by atoms with van der Waals surface area (Å²) in [6.07, 6.45) is -3.19. The van der Waals surface area contributed by atoms with Gasteiger partial charge in [-0.1, -0.05) is 0 Å². The zero-order chi connectivity index (χ0) is 13.8. The SMILES string of the molecule is C[C@@H](Sc1cccc[n+]1[O-])C(=O)NCC(F)(F)F. The number of carbonyl (C=O) groups is 1. The van der Waals surface area contributed by atoms with E-state index in [0.29, 0.717) is 4.73 Å². The third-order valence-corrected chi connectivity index (χ3v) is 3.04. The Morgan fingerprint density at radius 3 is 2.78 bits per heavy atom. The summed E-state index contributed by atoms with van der Waals surface area (Å²) >= 11 is 0.900. The van der Waals surface area contributed by atoms with Crippen molar-refractivity contribution in [3.8, 4) is 0 Å². The molecule has 0 bridgehead atoms. The summed E-state index contributed by atoms with van der Waals surface area (Å²) in [6.45, 7) is 0.0618. The van der Waals surface area contributed by atoms with Gasteiger partial charge in [0, 0.05) is 12.1 Å². The van der Waals surface area contributed by atoms with Gasteiger partial charge in [0.2, 0.25) is 5.91 Å². The van der Waals surface area contributed by atoms with Gasteiger partial charge in [0.1, 0.15) is 6.54 Å². The van der Waals surface area contributed by atoms with Crippen LogP contribution in [-0.4, -0.2) is 23.9 Å². The number of halogens is 3. The van der Waals surface area contributed by atoms with Gasteiger partial charge in [0.05, 0.1) is 5.25 Å². The summed E-state index contributed by atoms with van der Waals surface area (Å²) in [5.41, 5.74) is 0. The fourth-order valence-electron chi connectivity index (χ4n) is 1.07. The number of amides is 1. The van der Waals surface area contributed by atoms with Crippen LogP contribution >= 0.6 is 11.8 Å². The second kappa shape index (κ2) is 5.94. The van der Waals surface area contributed by atoms with Crippen molar-refractivity contribution in [3.63, 3.8) is 0 Å². The molecule has 1 rings (SSSR count). The second-order valence-electron chi connectivity index (χ2n) is 3.46. The number of hydrogen-bond acceptors (Lipinski definition) is 3. The van der Waals surface area contributed by atoms with Crippen LogP contribution in [0.1, 0.15) is 6.92 Å². The maximum Gasteiger partial charge on any atom is 0.405 e. The Balaban J connectivity index is 2.53. The fraction of sp³-hybridized carbons (Fsp3) is 0.400. The molecule has 18 heavy (non-hydrogen) atoms. The lowest BCUT2D eigenvalue weighted by Crippen LogP contribution is -2.38. The topological polar surface area (TPSA) is 56.0 Å². The van der Waals surface area contributed by atoms with Crippen LogP contribution in [0.25, 0.3) is 0 Å². The Morgan fingerprint density at radius 2 is 2.22 bits per heavy atom. The average Bonchev–Trinajstić information content (AvgIpc) is 2.28. The Kier molecular flexibility index (Phi) is 4.83. The summed E-state index contributed by atoms with van der Waals surface area (Å²) in [6, 6.07) is 4.62. The van der Waals surface area contributed by atoms with Gasteiger partial charge in [-0.25, -0.2) is 0 Å². The molecular formula is C10H11F3N2O2S. The predicted octanol–water partition coefficient (Wildman–Crippen LogP) is 1.48. The minimum atomic E-state index is -4.44. The highest BCUT2D eigenvalue weighted by Crippen LogP contribution is 2.20. The first kappa shape index (κ1) is 14.6. The Labute approximate surface area is 106 Å². The minimum Gasteiger partial charge on any atom is -0.618 e. The number of nitrogens with one attached hydrogen (secondary N) is 1. The monoisotopic (exact) mass is 280 g/mol. The Hall–Kier alpha value is -1.44. The van der Waals surface area contributed by atoms with Gasteiger partial charge in [-0.2, -0.15) is 17.9 Å². The molecule has 0 aromatic carbocycles. The molecule has 4 nitrogen and oxygen atoms in total. The maximum atomic E-state index is 11.9. The summed E-state index contributed by atoms with van der Waals surface area (Å²) < 4.78 is 36.2. The zero-order valence-corrected chi connectivity index (χ0v) is 10.2. The van der Waals surface area contributed by atoms with E-state index in [2.05, 4.69) is 0 Å². The number of aromatic nitrogens is 1. The smallest absolute Gasteiger partial charge is 0.405 e. The van der Waals surface area contributed by atoms with Crippen LogP contribution < -0.4 is 10.0 Å². The van der Waals surface area contributed by atoms with Gasteiger partial charge in [0.15, 0.2) is 6.20 Å². The predicted molar refractivity (Wildman–Crippen MR) is 59.8 cm³/mol. The van der Waals surface area contributed by atoms with Gasteiger partial charge >= 0.3 is 6.18 Å². The molecule has 0 fully saturated rings. The molecule has 8 heteroatoms. The van der Waals surface area contributed by atoms with E-state index >= 15 is 0 Å². The van der Waals surface area contributed by atoms with Crippen molar-refractivity contribution in [1.82, 2.24) is 5.32 Å². The molecule has 1 atom stereocenters. The first-order valence-corrected chi connectivity index (χ1v) is 5.87. The van der Waals surface area contributed by atoms with E-state index in [0.717, 1.165) is 11.8 Å². The van der Waals surface area contributed by atoms with Crippen molar-refractivity contribution in [2.75, 3.05) is 6.54 Å². The summed E-state index contributed by atoms with van der Waals surface area (Å²) in [5.74, 6) is -0.763. The highest BCUT2D eigenvalue weighted by molar-refractivity contribution is 8.00. The van der Waals surface area contributed by atoms with Crippen molar-refractivity contribution < 1.29 is 22.7 Å². The van der Waals surface area contributed by atoms with Crippen LogP contribution in [0.5, 0.6) is 0 Å². The molecule has 1 amide bonds.